The molecule has 16 heavy (non-hydrogen) atoms. The lowest BCUT2D eigenvalue weighted by Crippen LogP contribution is -2.03. The number of rotatable bonds is 3. The molecular formula is C13H17N3. The molecule has 1 aromatic heterocycles. The van der Waals surface area contributed by atoms with Crippen molar-refractivity contribution in [1.29, 1.82) is 0 Å². The number of aryl methyl sites for hydroxylation is 2. The zero-order chi connectivity index (χ0) is 11.5. The maximum atomic E-state index is 5.62. The number of hydrogen-bond acceptors (Lipinski definition) is 2. The molecule has 3 nitrogen and oxygen atoms in total. The number of nitrogens with two attached hydrogens (primary N) is 1. The zero-order valence-corrected chi connectivity index (χ0v) is 9.77. The third-order valence-electron chi connectivity index (χ3n) is 2.79. The van der Waals surface area contributed by atoms with Crippen LogP contribution in [0, 0.1) is 6.92 Å². The fraction of sp³-hybridized carbons (Fsp3) is 0.308. The Labute approximate surface area is 95.9 Å². The lowest BCUT2D eigenvalue weighted by molar-refractivity contribution is 0.884. The molecule has 2 rings (SSSR count). The molecule has 1 heterocycles. The van der Waals surface area contributed by atoms with Crippen molar-refractivity contribution in [3.8, 4) is 5.69 Å². The van der Waals surface area contributed by atoms with Gasteiger partial charge in [-0.1, -0.05) is 19.1 Å². The standard InChI is InChI=1S/C13H17N3/c1-3-13-15-6-7-16(13)12-5-4-11(9-14)8-10(12)2/h4-8H,3,9,14H2,1-2H3. The lowest BCUT2D eigenvalue weighted by Gasteiger charge is -2.11. The summed E-state index contributed by atoms with van der Waals surface area (Å²) in [7, 11) is 0. The first-order chi connectivity index (χ1) is 7.76. The Kier molecular flexibility index (Phi) is 3.06. The van der Waals surface area contributed by atoms with Gasteiger partial charge in [-0.25, -0.2) is 4.98 Å². The van der Waals surface area contributed by atoms with Gasteiger partial charge in [0.25, 0.3) is 0 Å². The third kappa shape index (κ3) is 1.86. The average molecular weight is 215 g/mol. The number of nitrogens with zero attached hydrogens (tertiary/aromatic N) is 2. The van der Waals surface area contributed by atoms with Crippen LogP contribution in [-0.2, 0) is 13.0 Å². The van der Waals surface area contributed by atoms with Gasteiger partial charge >= 0.3 is 0 Å². The number of hydrogen-bond donors (Lipinski definition) is 1. The van der Waals surface area contributed by atoms with Crippen LogP contribution in [0.2, 0.25) is 0 Å². The fourth-order valence-corrected chi connectivity index (χ4v) is 1.93. The molecular weight excluding hydrogens is 198 g/mol. The van der Waals surface area contributed by atoms with Gasteiger partial charge in [0.15, 0.2) is 0 Å². The van der Waals surface area contributed by atoms with Crippen molar-refractivity contribution in [1.82, 2.24) is 9.55 Å². The van der Waals surface area contributed by atoms with E-state index in [1.165, 1.54) is 16.8 Å². The van der Waals surface area contributed by atoms with E-state index in [-0.39, 0.29) is 0 Å². The van der Waals surface area contributed by atoms with Gasteiger partial charge in [0.05, 0.1) is 0 Å². The van der Waals surface area contributed by atoms with Gasteiger partial charge < -0.3 is 10.3 Å². The van der Waals surface area contributed by atoms with Crippen molar-refractivity contribution in [3.63, 3.8) is 0 Å². The van der Waals surface area contributed by atoms with E-state index in [9.17, 15) is 0 Å². The highest BCUT2D eigenvalue weighted by molar-refractivity contribution is 5.43. The quantitative estimate of drug-likeness (QED) is 0.853. The summed E-state index contributed by atoms with van der Waals surface area (Å²) in [5, 5.41) is 0. The largest absolute Gasteiger partial charge is 0.326 e. The second kappa shape index (κ2) is 4.49. The highest BCUT2D eigenvalue weighted by Crippen LogP contribution is 2.17. The second-order valence-electron chi connectivity index (χ2n) is 3.89. The molecule has 0 atom stereocenters. The summed E-state index contributed by atoms with van der Waals surface area (Å²) in [6.07, 6.45) is 4.78. The van der Waals surface area contributed by atoms with E-state index >= 15 is 0 Å². The maximum Gasteiger partial charge on any atom is 0.112 e. The molecule has 0 fully saturated rings. The molecule has 0 spiro atoms. The van der Waals surface area contributed by atoms with Crippen LogP contribution in [0.1, 0.15) is 23.9 Å². The highest BCUT2D eigenvalue weighted by Gasteiger charge is 2.05. The Morgan fingerprint density at radius 3 is 2.81 bits per heavy atom. The minimum atomic E-state index is 0.589. The Morgan fingerprint density at radius 1 is 1.38 bits per heavy atom. The fourth-order valence-electron chi connectivity index (χ4n) is 1.93. The van der Waals surface area contributed by atoms with Crippen molar-refractivity contribution in [3.05, 3.63) is 47.5 Å². The highest BCUT2D eigenvalue weighted by atomic mass is 15.1. The zero-order valence-electron chi connectivity index (χ0n) is 9.77. The minimum Gasteiger partial charge on any atom is -0.326 e. The molecule has 0 radical (unpaired) electrons. The van der Waals surface area contributed by atoms with Crippen LogP contribution in [0.5, 0.6) is 0 Å². The molecule has 0 aliphatic heterocycles. The van der Waals surface area contributed by atoms with Crippen molar-refractivity contribution in [2.45, 2.75) is 26.8 Å². The monoisotopic (exact) mass is 215 g/mol. The Morgan fingerprint density at radius 2 is 2.19 bits per heavy atom. The summed E-state index contributed by atoms with van der Waals surface area (Å²) in [5.41, 5.74) is 9.21. The van der Waals surface area contributed by atoms with E-state index in [0.717, 1.165) is 12.2 Å². The Hall–Kier alpha value is -1.61. The summed E-state index contributed by atoms with van der Waals surface area (Å²) < 4.78 is 2.13. The summed E-state index contributed by atoms with van der Waals surface area (Å²) in [6.45, 7) is 4.81. The van der Waals surface area contributed by atoms with E-state index in [2.05, 4.69) is 41.6 Å². The topological polar surface area (TPSA) is 43.8 Å². The van der Waals surface area contributed by atoms with Crippen LogP contribution in [0.4, 0.5) is 0 Å². The Bertz CT molecular complexity index is 486. The van der Waals surface area contributed by atoms with E-state index < -0.39 is 0 Å². The van der Waals surface area contributed by atoms with Crippen LogP contribution in [0.15, 0.2) is 30.6 Å². The average Bonchev–Trinajstić information content (AvgIpc) is 2.76. The van der Waals surface area contributed by atoms with Crippen molar-refractivity contribution >= 4 is 0 Å². The van der Waals surface area contributed by atoms with E-state index in [0.29, 0.717) is 6.54 Å². The van der Waals surface area contributed by atoms with Gasteiger partial charge in [-0.15, -0.1) is 0 Å². The van der Waals surface area contributed by atoms with Crippen molar-refractivity contribution in [2.24, 2.45) is 5.73 Å². The van der Waals surface area contributed by atoms with Crippen LogP contribution in [0.3, 0.4) is 0 Å². The summed E-state index contributed by atoms with van der Waals surface area (Å²) in [6, 6.07) is 6.31. The summed E-state index contributed by atoms with van der Waals surface area (Å²) in [5.74, 6) is 1.09. The summed E-state index contributed by atoms with van der Waals surface area (Å²) in [4.78, 5) is 4.33. The maximum absolute atomic E-state index is 5.62. The predicted molar refractivity (Wildman–Crippen MR) is 65.6 cm³/mol. The molecule has 0 bridgehead atoms. The molecule has 0 unspecified atom stereocenters. The van der Waals surface area contributed by atoms with Crippen LogP contribution in [-0.4, -0.2) is 9.55 Å². The first-order valence-corrected chi connectivity index (χ1v) is 5.58. The normalized spacial score (nSPS) is 10.7. The van der Waals surface area contributed by atoms with Crippen LogP contribution >= 0.6 is 0 Å². The predicted octanol–water partition coefficient (Wildman–Crippen LogP) is 2.20. The lowest BCUT2D eigenvalue weighted by atomic mass is 10.1. The van der Waals surface area contributed by atoms with E-state index in [1.54, 1.807) is 0 Å². The second-order valence-corrected chi connectivity index (χ2v) is 3.89. The van der Waals surface area contributed by atoms with E-state index in [1.807, 2.05) is 12.4 Å². The molecule has 3 heteroatoms. The number of imidazole rings is 1. The van der Waals surface area contributed by atoms with Gasteiger partial charge in [0.1, 0.15) is 5.82 Å². The summed E-state index contributed by atoms with van der Waals surface area (Å²) >= 11 is 0. The van der Waals surface area contributed by atoms with Crippen molar-refractivity contribution < 1.29 is 0 Å². The van der Waals surface area contributed by atoms with Gasteiger partial charge in [0.2, 0.25) is 0 Å². The first kappa shape index (κ1) is 10.9. The molecule has 0 aliphatic carbocycles. The van der Waals surface area contributed by atoms with Gasteiger partial charge in [0, 0.05) is 31.0 Å². The Balaban J connectivity index is 2.48. The molecule has 2 aromatic rings. The molecule has 84 valence electrons. The van der Waals surface area contributed by atoms with Gasteiger partial charge in [-0.3, -0.25) is 0 Å². The van der Waals surface area contributed by atoms with Gasteiger partial charge in [-0.05, 0) is 24.1 Å². The van der Waals surface area contributed by atoms with Crippen LogP contribution in [0.25, 0.3) is 5.69 Å². The number of benzene rings is 1. The minimum absolute atomic E-state index is 0.589. The molecule has 1 aromatic carbocycles. The number of aromatic nitrogens is 2. The SMILES string of the molecule is CCc1nccn1-c1ccc(CN)cc1C. The molecule has 0 saturated heterocycles. The van der Waals surface area contributed by atoms with Gasteiger partial charge in [-0.2, -0.15) is 0 Å². The smallest absolute Gasteiger partial charge is 0.112 e. The molecule has 2 N–H and O–H groups in total. The molecule has 0 saturated carbocycles. The van der Waals surface area contributed by atoms with E-state index in [4.69, 9.17) is 5.73 Å². The molecule has 0 aliphatic rings. The van der Waals surface area contributed by atoms with Crippen molar-refractivity contribution in [2.75, 3.05) is 0 Å². The third-order valence-corrected chi connectivity index (χ3v) is 2.79. The molecule has 0 amide bonds. The van der Waals surface area contributed by atoms with Crippen LogP contribution < -0.4 is 5.73 Å². The first-order valence-electron chi connectivity index (χ1n) is 5.58.